The number of aromatic nitrogens is 2. The second-order valence-electron chi connectivity index (χ2n) is 3.83. The standard InChI is InChI=1S/C10H17N3O3S/c1-3-4-5-9(17(11,14)15)6-7-10-13-12-8(2)16-10/h3,9H,1,4-7H2,2H3,(H2,11,14,15)/t9-/m1/s1. The van der Waals surface area contributed by atoms with Crippen molar-refractivity contribution in [1.82, 2.24) is 10.2 Å². The molecule has 0 bridgehead atoms. The summed E-state index contributed by atoms with van der Waals surface area (Å²) in [4.78, 5) is 0. The van der Waals surface area contributed by atoms with Crippen molar-refractivity contribution in [1.29, 1.82) is 0 Å². The topological polar surface area (TPSA) is 99.1 Å². The quantitative estimate of drug-likeness (QED) is 0.734. The Morgan fingerprint density at radius 2 is 2.18 bits per heavy atom. The lowest BCUT2D eigenvalue weighted by Gasteiger charge is -2.12. The van der Waals surface area contributed by atoms with Gasteiger partial charge in [0, 0.05) is 13.3 Å². The molecule has 1 heterocycles. The van der Waals surface area contributed by atoms with Crippen molar-refractivity contribution in [2.24, 2.45) is 5.14 Å². The highest BCUT2D eigenvalue weighted by molar-refractivity contribution is 7.89. The summed E-state index contributed by atoms with van der Waals surface area (Å²) in [6, 6.07) is 0. The number of allylic oxidation sites excluding steroid dienone is 1. The molecule has 1 rings (SSSR count). The third-order valence-electron chi connectivity index (χ3n) is 2.41. The number of aryl methyl sites for hydroxylation is 2. The number of nitrogens with two attached hydrogens (primary N) is 1. The van der Waals surface area contributed by atoms with E-state index in [0.717, 1.165) is 0 Å². The normalized spacial score (nSPS) is 13.5. The fraction of sp³-hybridized carbons (Fsp3) is 0.600. The smallest absolute Gasteiger partial charge is 0.216 e. The molecule has 0 aromatic carbocycles. The van der Waals surface area contributed by atoms with E-state index in [4.69, 9.17) is 9.56 Å². The van der Waals surface area contributed by atoms with Crippen LogP contribution in [0.25, 0.3) is 0 Å². The van der Waals surface area contributed by atoms with Gasteiger partial charge in [-0.2, -0.15) is 0 Å². The summed E-state index contributed by atoms with van der Waals surface area (Å²) in [6.45, 7) is 5.25. The van der Waals surface area contributed by atoms with E-state index in [1.165, 1.54) is 0 Å². The van der Waals surface area contributed by atoms with Gasteiger partial charge in [0.25, 0.3) is 0 Å². The summed E-state index contributed by atoms with van der Waals surface area (Å²) < 4.78 is 27.9. The largest absolute Gasteiger partial charge is 0.426 e. The Morgan fingerprint density at radius 3 is 2.65 bits per heavy atom. The Bertz CT molecular complexity index is 467. The number of rotatable bonds is 7. The summed E-state index contributed by atoms with van der Waals surface area (Å²) in [6.07, 6.45) is 3.56. The van der Waals surface area contributed by atoms with Crippen LogP contribution in [0, 0.1) is 6.92 Å². The van der Waals surface area contributed by atoms with Crippen LogP contribution in [0.1, 0.15) is 31.0 Å². The molecule has 1 aromatic heterocycles. The van der Waals surface area contributed by atoms with Gasteiger partial charge in [-0.25, -0.2) is 13.6 Å². The second-order valence-corrected chi connectivity index (χ2v) is 5.68. The summed E-state index contributed by atoms with van der Waals surface area (Å²) in [7, 11) is -3.54. The van der Waals surface area contributed by atoms with E-state index < -0.39 is 15.3 Å². The van der Waals surface area contributed by atoms with E-state index in [1.54, 1.807) is 13.0 Å². The number of hydrogen-bond acceptors (Lipinski definition) is 5. The molecule has 0 saturated heterocycles. The third kappa shape index (κ3) is 4.66. The zero-order valence-corrected chi connectivity index (χ0v) is 10.6. The van der Waals surface area contributed by atoms with Crippen LogP contribution in [0.4, 0.5) is 0 Å². The molecule has 0 aliphatic heterocycles. The van der Waals surface area contributed by atoms with E-state index in [1.807, 2.05) is 0 Å². The van der Waals surface area contributed by atoms with Crippen LogP contribution < -0.4 is 5.14 Å². The Labute approximate surface area is 101 Å². The van der Waals surface area contributed by atoms with Crippen LogP contribution in [-0.4, -0.2) is 23.9 Å². The van der Waals surface area contributed by atoms with Gasteiger partial charge in [0.15, 0.2) is 0 Å². The number of sulfonamides is 1. The lowest BCUT2D eigenvalue weighted by atomic mass is 10.1. The summed E-state index contributed by atoms with van der Waals surface area (Å²) in [5.74, 6) is 0.910. The lowest BCUT2D eigenvalue weighted by molar-refractivity contribution is 0.456. The van der Waals surface area contributed by atoms with Crippen molar-refractivity contribution >= 4 is 10.0 Å². The minimum absolute atomic E-state index is 0.383. The van der Waals surface area contributed by atoms with Gasteiger partial charge >= 0.3 is 0 Å². The van der Waals surface area contributed by atoms with Crippen molar-refractivity contribution in [2.45, 2.75) is 37.9 Å². The molecular weight excluding hydrogens is 242 g/mol. The van der Waals surface area contributed by atoms with Gasteiger partial charge in [0.2, 0.25) is 21.8 Å². The van der Waals surface area contributed by atoms with E-state index in [0.29, 0.717) is 37.5 Å². The van der Waals surface area contributed by atoms with Gasteiger partial charge in [-0.05, 0) is 19.3 Å². The molecular formula is C10H17N3O3S. The molecule has 2 N–H and O–H groups in total. The first kappa shape index (κ1) is 13.9. The monoisotopic (exact) mass is 259 g/mol. The minimum atomic E-state index is -3.54. The average Bonchev–Trinajstić information content (AvgIpc) is 2.62. The SMILES string of the molecule is C=CCC[C@H](CCc1nnc(C)o1)S(N)(=O)=O. The Kier molecular flexibility index (Phi) is 4.83. The van der Waals surface area contributed by atoms with E-state index >= 15 is 0 Å². The Morgan fingerprint density at radius 1 is 1.47 bits per heavy atom. The van der Waals surface area contributed by atoms with Gasteiger partial charge in [-0.3, -0.25) is 0 Å². The zero-order chi connectivity index (χ0) is 12.9. The van der Waals surface area contributed by atoms with E-state index in [-0.39, 0.29) is 0 Å². The highest BCUT2D eigenvalue weighted by atomic mass is 32.2. The van der Waals surface area contributed by atoms with E-state index in [9.17, 15) is 8.42 Å². The van der Waals surface area contributed by atoms with Crippen LogP contribution in [-0.2, 0) is 16.4 Å². The predicted molar refractivity (Wildman–Crippen MR) is 63.7 cm³/mol. The molecule has 0 saturated carbocycles. The maximum atomic E-state index is 11.3. The van der Waals surface area contributed by atoms with E-state index in [2.05, 4.69) is 16.8 Å². The van der Waals surface area contributed by atoms with Gasteiger partial charge in [-0.1, -0.05) is 6.08 Å². The van der Waals surface area contributed by atoms with Crippen LogP contribution in [0.2, 0.25) is 0 Å². The van der Waals surface area contributed by atoms with Crippen molar-refractivity contribution in [3.8, 4) is 0 Å². The zero-order valence-electron chi connectivity index (χ0n) is 9.80. The Balaban J connectivity index is 2.58. The van der Waals surface area contributed by atoms with Gasteiger partial charge < -0.3 is 4.42 Å². The number of nitrogens with zero attached hydrogens (tertiary/aromatic N) is 2. The minimum Gasteiger partial charge on any atom is -0.426 e. The first-order valence-corrected chi connectivity index (χ1v) is 6.96. The summed E-state index contributed by atoms with van der Waals surface area (Å²) in [5.41, 5.74) is 0. The van der Waals surface area contributed by atoms with Crippen molar-refractivity contribution < 1.29 is 12.8 Å². The first-order valence-electron chi connectivity index (χ1n) is 5.35. The maximum Gasteiger partial charge on any atom is 0.216 e. The first-order chi connectivity index (χ1) is 7.93. The molecule has 1 aromatic rings. The van der Waals surface area contributed by atoms with Gasteiger partial charge in [-0.15, -0.1) is 16.8 Å². The molecule has 1 atom stereocenters. The number of primary sulfonamides is 1. The molecule has 96 valence electrons. The molecule has 0 unspecified atom stereocenters. The summed E-state index contributed by atoms with van der Waals surface area (Å²) >= 11 is 0. The second kappa shape index (κ2) is 5.92. The van der Waals surface area contributed by atoms with Crippen molar-refractivity contribution in [3.63, 3.8) is 0 Å². The molecule has 0 spiro atoms. The Hall–Kier alpha value is -1.21. The highest BCUT2D eigenvalue weighted by Crippen LogP contribution is 2.14. The molecule has 0 radical (unpaired) electrons. The van der Waals surface area contributed by atoms with Crippen LogP contribution >= 0.6 is 0 Å². The molecule has 0 aliphatic rings. The fourth-order valence-electron chi connectivity index (χ4n) is 1.50. The van der Waals surface area contributed by atoms with Gasteiger partial charge in [0.1, 0.15) is 0 Å². The highest BCUT2D eigenvalue weighted by Gasteiger charge is 2.21. The lowest BCUT2D eigenvalue weighted by Crippen LogP contribution is -2.29. The molecule has 7 heteroatoms. The fourth-order valence-corrected chi connectivity index (χ4v) is 2.41. The number of hydrogen-bond donors (Lipinski definition) is 1. The van der Waals surface area contributed by atoms with Gasteiger partial charge in [0.05, 0.1) is 5.25 Å². The molecule has 17 heavy (non-hydrogen) atoms. The maximum absolute atomic E-state index is 11.3. The third-order valence-corrected chi connectivity index (χ3v) is 3.81. The van der Waals surface area contributed by atoms with Crippen molar-refractivity contribution in [2.75, 3.05) is 0 Å². The molecule has 0 amide bonds. The van der Waals surface area contributed by atoms with Crippen molar-refractivity contribution in [3.05, 3.63) is 24.4 Å². The predicted octanol–water partition coefficient (Wildman–Crippen LogP) is 0.934. The molecule has 0 aliphatic carbocycles. The summed E-state index contributed by atoms with van der Waals surface area (Å²) in [5, 5.41) is 12.1. The van der Waals surface area contributed by atoms with Crippen LogP contribution in [0.15, 0.2) is 17.1 Å². The molecule has 6 nitrogen and oxygen atoms in total. The van der Waals surface area contributed by atoms with Crippen LogP contribution in [0.5, 0.6) is 0 Å². The van der Waals surface area contributed by atoms with Crippen LogP contribution in [0.3, 0.4) is 0 Å². The molecule has 0 fully saturated rings. The average molecular weight is 259 g/mol.